The summed E-state index contributed by atoms with van der Waals surface area (Å²) in [6.07, 6.45) is 4.37. The molecule has 0 spiro atoms. The van der Waals surface area contributed by atoms with Gasteiger partial charge in [0.15, 0.2) is 0 Å². The topological polar surface area (TPSA) is 20.2 Å². The fourth-order valence-corrected chi connectivity index (χ4v) is 1.16. The Hall–Kier alpha value is 0.250. The molecule has 0 saturated heterocycles. The van der Waals surface area contributed by atoms with Crippen molar-refractivity contribution >= 4 is 11.6 Å². The maximum Gasteiger partial charge on any atom is 0.0431 e. The third kappa shape index (κ3) is 6.37. The number of rotatable bonds is 6. The van der Waals surface area contributed by atoms with Crippen LogP contribution in [0.15, 0.2) is 0 Å². The summed E-state index contributed by atoms with van der Waals surface area (Å²) in [5.41, 5.74) is 0. The van der Waals surface area contributed by atoms with Crippen molar-refractivity contribution in [1.29, 1.82) is 0 Å². The van der Waals surface area contributed by atoms with Gasteiger partial charge in [0.25, 0.3) is 0 Å². The molecule has 0 aromatic carbocycles. The van der Waals surface area contributed by atoms with Crippen LogP contribution in [0.4, 0.5) is 0 Å². The Balaban J connectivity index is 3.00. The lowest BCUT2D eigenvalue weighted by atomic mass is 10.0. The van der Waals surface area contributed by atoms with Crippen molar-refractivity contribution in [2.45, 2.75) is 32.6 Å². The summed E-state index contributed by atoms with van der Waals surface area (Å²) in [5.74, 6) is 1.50. The van der Waals surface area contributed by atoms with E-state index >= 15 is 0 Å². The Labute approximate surface area is 68.4 Å². The van der Waals surface area contributed by atoms with E-state index in [1.54, 1.807) is 0 Å². The summed E-state index contributed by atoms with van der Waals surface area (Å²) in [6.45, 7) is 2.54. The van der Waals surface area contributed by atoms with Crippen LogP contribution in [-0.2, 0) is 0 Å². The van der Waals surface area contributed by atoms with E-state index in [0.717, 1.165) is 31.1 Å². The molecule has 62 valence electrons. The molecule has 0 heterocycles. The molecule has 0 amide bonds. The molecule has 0 saturated carbocycles. The van der Waals surface area contributed by atoms with Gasteiger partial charge in [-0.1, -0.05) is 6.92 Å². The molecule has 0 bridgehead atoms. The Kier molecular flexibility index (Phi) is 7.54. The molecule has 1 unspecified atom stereocenters. The van der Waals surface area contributed by atoms with Crippen molar-refractivity contribution in [3.05, 3.63) is 0 Å². The predicted octanol–water partition coefficient (Wildman–Crippen LogP) is 2.41. The van der Waals surface area contributed by atoms with Crippen molar-refractivity contribution in [2.75, 3.05) is 12.5 Å². The molecular weight excluding hydrogens is 148 g/mol. The summed E-state index contributed by atoms with van der Waals surface area (Å²) in [4.78, 5) is 0. The normalized spacial score (nSPS) is 13.5. The van der Waals surface area contributed by atoms with Crippen molar-refractivity contribution in [2.24, 2.45) is 5.92 Å². The lowest BCUT2D eigenvalue weighted by molar-refractivity contribution is 0.271. The minimum atomic E-state index is 0.325. The van der Waals surface area contributed by atoms with Gasteiger partial charge in [-0.3, -0.25) is 0 Å². The second-order valence-electron chi connectivity index (χ2n) is 2.80. The molecule has 0 aliphatic rings. The zero-order valence-corrected chi connectivity index (χ0v) is 7.40. The molecule has 0 radical (unpaired) electrons. The van der Waals surface area contributed by atoms with Crippen molar-refractivity contribution in [3.63, 3.8) is 0 Å². The molecule has 2 heteroatoms. The summed E-state index contributed by atoms with van der Waals surface area (Å²) < 4.78 is 0. The van der Waals surface area contributed by atoms with E-state index in [1.807, 2.05) is 0 Å². The third-order valence-electron chi connectivity index (χ3n) is 1.69. The fourth-order valence-electron chi connectivity index (χ4n) is 1.01. The van der Waals surface area contributed by atoms with E-state index < -0.39 is 0 Å². The molecule has 0 rings (SSSR count). The van der Waals surface area contributed by atoms with Crippen molar-refractivity contribution in [3.8, 4) is 0 Å². The van der Waals surface area contributed by atoms with E-state index in [4.69, 9.17) is 16.7 Å². The Bertz CT molecular complexity index is 58.3. The van der Waals surface area contributed by atoms with E-state index in [2.05, 4.69) is 6.92 Å². The van der Waals surface area contributed by atoms with Gasteiger partial charge in [-0.2, -0.15) is 0 Å². The van der Waals surface area contributed by atoms with Gasteiger partial charge in [-0.25, -0.2) is 0 Å². The maximum atomic E-state index is 8.51. The third-order valence-corrected chi connectivity index (χ3v) is 1.95. The molecule has 1 N–H and O–H groups in total. The first-order chi connectivity index (χ1) is 4.81. The van der Waals surface area contributed by atoms with Crippen LogP contribution in [0.3, 0.4) is 0 Å². The van der Waals surface area contributed by atoms with Crippen LogP contribution in [0.1, 0.15) is 32.6 Å². The maximum absolute atomic E-state index is 8.51. The van der Waals surface area contributed by atoms with Gasteiger partial charge in [-0.05, 0) is 31.6 Å². The summed E-state index contributed by atoms with van der Waals surface area (Å²) in [5, 5.41) is 8.51. The van der Waals surface area contributed by atoms with Gasteiger partial charge in [0.1, 0.15) is 0 Å². The van der Waals surface area contributed by atoms with Gasteiger partial charge < -0.3 is 5.11 Å². The van der Waals surface area contributed by atoms with E-state index in [0.29, 0.717) is 6.61 Å². The van der Waals surface area contributed by atoms with E-state index in [-0.39, 0.29) is 0 Å². The predicted molar refractivity (Wildman–Crippen MR) is 45.4 cm³/mol. The smallest absolute Gasteiger partial charge is 0.0431 e. The first-order valence-electron chi connectivity index (χ1n) is 3.98. The first-order valence-corrected chi connectivity index (χ1v) is 4.51. The van der Waals surface area contributed by atoms with Crippen LogP contribution in [0, 0.1) is 5.92 Å². The molecule has 0 aliphatic carbocycles. The standard InChI is InChI=1S/C8H17ClO/c1-8(4-2-6-9)5-3-7-10/h8,10H,2-7H2,1H3. The number of halogens is 1. The average Bonchev–Trinajstić information content (AvgIpc) is 1.97. The SMILES string of the molecule is CC(CCCO)CCCCl. The van der Waals surface area contributed by atoms with Crippen molar-refractivity contribution in [1.82, 2.24) is 0 Å². The monoisotopic (exact) mass is 164 g/mol. The zero-order chi connectivity index (χ0) is 7.82. The Morgan fingerprint density at radius 1 is 1.30 bits per heavy atom. The quantitative estimate of drug-likeness (QED) is 0.598. The number of hydrogen-bond donors (Lipinski definition) is 1. The highest BCUT2D eigenvalue weighted by molar-refractivity contribution is 6.17. The molecule has 0 aromatic heterocycles. The lowest BCUT2D eigenvalue weighted by Gasteiger charge is -2.07. The highest BCUT2D eigenvalue weighted by Gasteiger charge is 1.99. The molecule has 0 aliphatic heterocycles. The first kappa shape index (κ1) is 10.2. The van der Waals surface area contributed by atoms with Crippen LogP contribution in [0.2, 0.25) is 0 Å². The molecule has 1 nitrogen and oxygen atoms in total. The molecule has 10 heavy (non-hydrogen) atoms. The molecule has 1 atom stereocenters. The Morgan fingerprint density at radius 2 is 1.90 bits per heavy atom. The number of aliphatic hydroxyl groups is 1. The van der Waals surface area contributed by atoms with E-state index in [1.165, 1.54) is 6.42 Å². The summed E-state index contributed by atoms with van der Waals surface area (Å²) in [7, 11) is 0. The minimum absolute atomic E-state index is 0.325. The largest absolute Gasteiger partial charge is 0.396 e. The minimum Gasteiger partial charge on any atom is -0.396 e. The van der Waals surface area contributed by atoms with Gasteiger partial charge in [0, 0.05) is 12.5 Å². The highest BCUT2D eigenvalue weighted by Crippen LogP contribution is 2.12. The van der Waals surface area contributed by atoms with Crippen LogP contribution < -0.4 is 0 Å². The average molecular weight is 165 g/mol. The van der Waals surface area contributed by atoms with Crippen LogP contribution in [0.25, 0.3) is 0 Å². The van der Waals surface area contributed by atoms with Gasteiger partial charge >= 0.3 is 0 Å². The number of hydrogen-bond acceptors (Lipinski definition) is 1. The van der Waals surface area contributed by atoms with Crippen LogP contribution in [-0.4, -0.2) is 17.6 Å². The Morgan fingerprint density at radius 3 is 2.40 bits per heavy atom. The second-order valence-corrected chi connectivity index (χ2v) is 3.18. The molecule has 0 fully saturated rings. The van der Waals surface area contributed by atoms with Gasteiger partial charge in [-0.15, -0.1) is 11.6 Å². The fraction of sp³-hybridized carbons (Fsp3) is 1.00. The van der Waals surface area contributed by atoms with Gasteiger partial charge in [0.05, 0.1) is 0 Å². The zero-order valence-electron chi connectivity index (χ0n) is 6.65. The van der Waals surface area contributed by atoms with Crippen molar-refractivity contribution < 1.29 is 5.11 Å². The summed E-state index contributed by atoms with van der Waals surface area (Å²) in [6, 6.07) is 0. The molecular formula is C8H17ClO. The number of alkyl halides is 1. The lowest BCUT2D eigenvalue weighted by Crippen LogP contribution is -1.96. The second kappa shape index (κ2) is 7.36. The summed E-state index contributed by atoms with van der Waals surface area (Å²) >= 11 is 5.53. The highest BCUT2D eigenvalue weighted by atomic mass is 35.5. The molecule has 0 aromatic rings. The van der Waals surface area contributed by atoms with Crippen LogP contribution >= 0.6 is 11.6 Å². The van der Waals surface area contributed by atoms with Gasteiger partial charge in [0.2, 0.25) is 0 Å². The van der Waals surface area contributed by atoms with E-state index in [9.17, 15) is 0 Å². The van der Waals surface area contributed by atoms with Crippen LogP contribution in [0.5, 0.6) is 0 Å². The number of aliphatic hydroxyl groups excluding tert-OH is 1.